The summed E-state index contributed by atoms with van der Waals surface area (Å²) in [5, 5.41) is -0.799. The van der Waals surface area contributed by atoms with Gasteiger partial charge >= 0.3 is 0 Å². The normalized spacial score (nSPS) is 15.9. The molecule has 4 heteroatoms. The van der Waals surface area contributed by atoms with Crippen LogP contribution in [-0.2, 0) is 10.1 Å². The molecule has 1 unspecified atom stereocenters. The average molecular weight is 258 g/mol. The van der Waals surface area contributed by atoms with Crippen LogP contribution >= 0.6 is 0 Å². The average Bonchev–Trinajstić information content (AvgIpc) is 2.21. The van der Waals surface area contributed by atoms with Crippen LogP contribution in [0.3, 0.4) is 0 Å². The Morgan fingerprint density at radius 2 is 2.06 bits per heavy atom. The number of rotatable bonds is 7. The highest BCUT2D eigenvalue weighted by molar-refractivity contribution is 7.86. The van der Waals surface area contributed by atoms with E-state index in [-0.39, 0.29) is 0 Å². The summed E-state index contributed by atoms with van der Waals surface area (Å²) in [7, 11) is -3.97. The minimum absolute atomic E-state index is 0.402. The van der Waals surface area contributed by atoms with E-state index in [1.54, 1.807) is 13.0 Å². The molecule has 0 amide bonds. The van der Waals surface area contributed by atoms with E-state index in [0.29, 0.717) is 12.8 Å². The first kappa shape index (κ1) is 16.1. The van der Waals surface area contributed by atoms with Crippen molar-refractivity contribution in [1.29, 1.82) is 0 Å². The highest BCUT2D eigenvalue weighted by Gasteiger charge is 2.18. The number of allylic oxidation sites excluding steroid dienone is 5. The molecule has 0 spiro atoms. The quantitative estimate of drug-likeness (QED) is 0.432. The van der Waals surface area contributed by atoms with Gasteiger partial charge in [0.2, 0.25) is 0 Å². The molecule has 0 aromatic heterocycles. The summed E-state index contributed by atoms with van der Waals surface area (Å²) in [4.78, 5) is 0. The standard InChI is InChI=1S/C13H22O3S/c1-4-8-12(3)10-6-7-11-13(9-5-2)17(14,15)16/h5-6,8-10,13H,4,7,11H2,1-3H3,(H,14,15,16)/b9-5?,10-6?,12-8+. The summed E-state index contributed by atoms with van der Waals surface area (Å²) >= 11 is 0. The van der Waals surface area contributed by atoms with Gasteiger partial charge in [0, 0.05) is 0 Å². The van der Waals surface area contributed by atoms with Crippen LogP contribution < -0.4 is 0 Å². The van der Waals surface area contributed by atoms with Gasteiger partial charge in [-0.05, 0) is 33.1 Å². The first-order valence-corrected chi connectivity index (χ1v) is 7.34. The second-order valence-corrected chi connectivity index (χ2v) is 5.55. The van der Waals surface area contributed by atoms with Crippen molar-refractivity contribution in [2.45, 2.75) is 45.3 Å². The third-order valence-corrected chi connectivity index (χ3v) is 3.47. The summed E-state index contributed by atoms with van der Waals surface area (Å²) in [5.74, 6) is 0. The topological polar surface area (TPSA) is 54.4 Å². The molecule has 0 heterocycles. The summed E-state index contributed by atoms with van der Waals surface area (Å²) in [6.07, 6.45) is 11.2. The van der Waals surface area contributed by atoms with Crippen LogP contribution in [0.5, 0.6) is 0 Å². The van der Waals surface area contributed by atoms with Crippen molar-refractivity contribution >= 4 is 10.1 Å². The van der Waals surface area contributed by atoms with E-state index >= 15 is 0 Å². The van der Waals surface area contributed by atoms with Crippen LogP contribution in [0.2, 0.25) is 0 Å². The van der Waals surface area contributed by atoms with E-state index in [2.05, 4.69) is 13.0 Å². The van der Waals surface area contributed by atoms with Crippen molar-refractivity contribution in [3.63, 3.8) is 0 Å². The fraction of sp³-hybridized carbons (Fsp3) is 0.538. The Morgan fingerprint density at radius 3 is 2.53 bits per heavy atom. The van der Waals surface area contributed by atoms with E-state index < -0.39 is 15.4 Å². The molecule has 0 fully saturated rings. The van der Waals surface area contributed by atoms with Gasteiger partial charge in [-0.1, -0.05) is 42.9 Å². The van der Waals surface area contributed by atoms with Gasteiger partial charge < -0.3 is 0 Å². The molecule has 1 atom stereocenters. The van der Waals surface area contributed by atoms with Crippen LogP contribution in [0.25, 0.3) is 0 Å². The van der Waals surface area contributed by atoms with Gasteiger partial charge in [-0.15, -0.1) is 0 Å². The zero-order valence-electron chi connectivity index (χ0n) is 10.8. The monoisotopic (exact) mass is 258 g/mol. The molecule has 98 valence electrons. The maximum atomic E-state index is 11.0. The lowest BCUT2D eigenvalue weighted by Gasteiger charge is -2.06. The largest absolute Gasteiger partial charge is 0.285 e. The van der Waals surface area contributed by atoms with E-state index in [0.717, 1.165) is 6.42 Å². The molecule has 0 aliphatic heterocycles. The predicted octanol–water partition coefficient (Wildman–Crippen LogP) is 3.51. The Morgan fingerprint density at radius 1 is 1.41 bits per heavy atom. The van der Waals surface area contributed by atoms with Crippen molar-refractivity contribution in [3.05, 3.63) is 36.0 Å². The molecule has 0 rings (SSSR count). The number of hydrogen-bond acceptors (Lipinski definition) is 2. The fourth-order valence-electron chi connectivity index (χ4n) is 1.48. The predicted molar refractivity (Wildman–Crippen MR) is 72.6 cm³/mol. The van der Waals surface area contributed by atoms with Gasteiger partial charge in [0.1, 0.15) is 5.25 Å². The van der Waals surface area contributed by atoms with E-state index in [1.165, 1.54) is 11.6 Å². The van der Waals surface area contributed by atoms with Gasteiger partial charge in [-0.25, -0.2) is 0 Å². The molecule has 0 aromatic rings. The van der Waals surface area contributed by atoms with E-state index in [1.807, 2.05) is 19.1 Å². The maximum Gasteiger partial charge on any atom is 0.271 e. The molecular weight excluding hydrogens is 236 g/mol. The van der Waals surface area contributed by atoms with Crippen molar-refractivity contribution in [2.75, 3.05) is 0 Å². The second-order valence-electron chi connectivity index (χ2n) is 3.92. The fourth-order valence-corrected chi connectivity index (χ4v) is 2.27. The molecule has 0 saturated carbocycles. The minimum Gasteiger partial charge on any atom is -0.285 e. The van der Waals surface area contributed by atoms with Crippen LogP contribution in [0.4, 0.5) is 0 Å². The smallest absolute Gasteiger partial charge is 0.271 e. The SMILES string of the molecule is CC=CC(CCC=C/C(C)=C/CC)S(=O)(=O)O. The number of hydrogen-bond donors (Lipinski definition) is 1. The Labute approximate surface area is 105 Å². The van der Waals surface area contributed by atoms with Crippen LogP contribution in [0, 0.1) is 0 Å². The molecule has 0 aliphatic rings. The first-order valence-electron chi connectivity index (χ1n) is 5.84. The lowest BCUT2D eigenvalue weighted by molar-refractivity contribution is 0.472. The lowest BCUT2D eigenvalue weighted by atomic mass is 10.1. The third kappa shape index (κ3) is 7.94. The van der Waals surface area contributed by atoms with Gasteiger partial charge in [0.05, 0.1) is 0 Å². The second kappa shape index (κ2) is 8.25. The summed E-state index contributed by atoms with van der Waals surface area (Å²) < 4.78 is 31.0. The molecule has 0 aliphatic carbocycles. The van der Waals surface area contributed by atoms with Gasteiger partial charge in [-0.2, -0.15) is 8.42 Å². The third-order valence-electron chi connectivity index (χ3n) is 2.31. The van der Waals surface area contributed by atoms with Crippen LogP contribution in [0.15, 0.2) is 36.0 Å². The summed E-state index contributed by atoms with van der Waals surface area (Å²) in [6, 6.07) is 0. The Balaban J connectivity index is 4.31. The van der Waals surface area contributed by atoms with Gasteiger partial charge in [-0.3, -0.25) is 4.55 Å². The van der Waals surface area contributed by atoms with Crippen molar-refractivity contribution in [1.82, 2.24) is 0 Å². The molecule has 0 saturated heterocycles. The Kier molecular flexibility index (Phi) is 7.83. The highest BCUT2D eigenvalue weighted by Crippen LogP contribution is 2.10. The molecular formula is C13H22O3S. The van der Waals surface area contributed by atoms with Gasteiger partial charge in [0.25, 0.3) is 10.1 Å². The summed E-state index contributed by atoms with van der Waals surface area (Å²) in [6.45, 7) is 5.81. The Bertz CT molecular complexity index is 389. The highest BCUT2D eigenvalue weighted by atomic mass is 32.2. The molecule has 0 aromatic carbocycles. The summed E-state index contributed by atoms with van der Waals surface area (Å²) in [5.41, 5.74) is 1.17. The van der Waals surface area contributed by atoms with E-state index in [4.69, 9.17) is 4.55 Å². The zero-order chi connectivity index (χ0) is 13.3. The van der Waals surface area contributed by atoms with Crippen molar-refractivity contribution in [3.8, 4) is 0 Å². The minimum atomic E-state index is -3.97. The van der Waals surface area contributed by atoms with Crippen LogP contribution in [-0.4, -0.2) is 18.2 Å². The van der Waals surface area contributed by atoms with Crippen molar-refractivity contribution in [2.24, 2.45) is 0 Å². The Hall–Kier alpha value is -0.870. The van der Waals surface area contributed by atoms with Gasteiger partial charge in [0.15, 0.2) is 0 Å². The van der Waals surface area contributed by atoms with Crippen LogP contribution in [0.1, 0.15) is 40.0 Å². The van der Waals surface area contributed by atoms with Crippen molar-refractivity contribution < 1.29 is 13.0 Å². The molecule has 17 heavy (non-hydrogen) atoms. The van der Waals surface area contributed by atoms with E-state index in [9.17, 15) is 8.42 Å². The molecule has 1 N–H and O–H groups in total. The molecule has 0 radical (unpaired) electrons. The lowest BCUT2D eigenvalue weighted by Crippen LogP contribution is -2.17. The first-order chi connectivity index (χ1) is 7.91. The zero-order valence-corrected chi connectivity index (χ0v) is 11.6. The maximum absolute atomic E-state index is 11.0. The molecule has 3 nitrogen and oxygen atoms in total. The molecule has 0 bridgehead atoms.